The number of nitrogens with one attached hydrogen (secondary N) is 3. The maximum atomic E-state index is 13.1. The fraction of sp³-hybridized carbons (Fsp3) is 0.486. The van der Waals surface area contributed by atoms with Crippen molar-refractivity contribution in [2.75, 3.05) is 99.8 Å². The average molecular weight is 868 g/mol. The molecule has 15 nitrogen and oxygen atoms in total. The van der Waals surface area contributed by atoms with E-state index in [9.17, 15) is 25.3 Å². The van der Waals surface area contributed by atoms with Gasteiger partial charge in [-0.15, -0.1) is 0 Å². The summed E-state index contributed by atoms with van der Waals surface area (Å²) in [7, 11) is -8.23. The Labute approximate surface area is 334 Å². The third-order valence-electron chi connectivity index (χ3n) is 8.28. The van der Waals surface area contributed by atoms with Gasteiger partial charge >= 0.3 is 0 Å². The highest BCUT2D eigenvalue weighted by molar-refractivity contribution is 7.90. The maximum Gasteiger partial charge on any atom is 0.240 e. The molecule has 55 heavy (non-hydrogen) atoms. The average Bonchev–Trinajstić information content (AvgIpc) is 3.15. The Hall–Kier alpha value is -2.27. The molecule has 0 aromatic heterocycles. The molecule has 3 N–H and O–H groups in total. The van der Waals surface area contributed by atoms with E-state index in [4.69, 9.17) is 46.9 Å². The topological polar surface area (TPSA) is 188 Å². The Morgan fingerprint density at radius 2 is 1.09 bits per heavy atom. The highest BCUT2D eigenvalue weighted by Crippen LogP contribution is 2.38. The molecule has 1 unspecified atom stereocenters. The zero-order chi connectivity index (χ0) is 39.9. The Morgan fingerprint density at radius 1 is 0.636 bits per heavy atom. The van der Waals surface area contributed by atoms with Crippen LogP contribution in [0.15, 0.2) is 75.4 Å². The van der Waals surface area contributed by atoms with Crippen molar-refractivity contribution in [1.82, 2.24) is 19.1 Å². The van der Waals surface area contributed by atoms with Gasteiger partial charge in [0.1, 0.15) is 0 Å². The molecule has 4 rings (SSSR count). The number of hydrogen-bond acceptors (Lipinski definition) is 12. The van der Waals surface area contributed by atoms with E-state index < -0.39 is 30.1 Å². The number of halogens is 2. The van der Waals surface area contributed by atoms with Crippen LogP contribution >= 0.6 is 23.2 Å². The summed E-state index contributed by atoms with van der Waals surface area (Å²) in [6.07, 6.45) is 0. The second-order valence-electron chi connectivity index (χ2n) is 12.4. The van der Waals surface area contributed by atoms with E-state index in [-0.39, 0.29) is 86.5 Å². The van der Waals surface area contributed by atoms with E-state index >= 15 is 0 Å². The van der Waals surface area contributed by atoms with Gasteiger partial charge in [-0.05, 0) is 66.2 Å². The first-order valence-corrected chi connectivity index (χ1v) is 22.6. The lowest BCUT2D eigenvalue weighted by molar-refractivity contribution is 0.0167. The van der Waals surface area contributed by atoms with Crippen molar-refractivity contribution in [2.24, 2.45) is 0 Å². The number of fused-ring (bicyclic) bond motifs is 1. The van der Waals surface area contributed by atoms with Crippen molar-refractivity contribution in [3.8, 4) is 0 Å². The summed E-state index contributed by atoms with van der Waals surface area (Å²) in [4.78, 5) is 1.89. The monoisotopic (exact) mass is 866 g/mol. The van der Waals surface area contributed by atoms with Crippen LogP contribution < -0.4 is 14.2 Å². The van der Waals surface area contributed by atoms with Gasteiger partial charge in [-0.2, -0.15) is 0 Å². The van der Waals surface area contributed by atoms with Crippen LogP contribution in [0.3, 0.4) is 0 Å². The quantitative estimate of drug-likeness (QED) is 0.106. The molecular formula is C35H48Cl2N4O11S3. The summed E-state index contributed by atoms with van der Waals surface area (Å²) >= 11 is 12.8. The molecule has 0 radical (unpaired) electrons. The van der Waals surface area contributed by atoms with E-state index in [1.807, 2.05) is 19.2 Å². The van der Waals surface area contributed by atoms with Gasteiger partial charge in [-0.3, -0.25) is 0 Å². The van der Waals surface area contributed by atoms with Gasteiger partial charge in [0, 0.05) is 55.8 Å². The molecule has 1 aliphatic heterocycles. The lowest BCUT2D eigenvalue weighted by Crippen LogP contribution is -2.31. The Morgan fingerprint density at radius 3 is 1.60 bits per heavy atom. The molecule has 1 heterocycles. The second kappa shape index (κ2) is 22.0. The highest BCUT2D eigenvalue weighted by atomic mass is 35.5. The molecule has 1 atom stereocenters. The van der Waals surface area contributed by atoms with Crippen LogP contribution in [0.25, 0.3) is 0 Å². The van der Waals surface area contributed by atoms with E-state index in [0.717, 1.165) is 22.8 Å². The number of ether oxygens (including phenoxy) is 5. The molecule has 306 valence electrons. The first-order valence-electron chi connectivity index (χ1n) is 17.4. The first kappa shape index (κ1) is 45.4. The van der Waals surface area contributed by atoms with Crippen LogP contribution in [0.5, 0.6) is 0 Å². The Kier molecular flexibility index (Phi) is 18.2. The molecule has 0 saturated heterocycles. The lowest BCUT2D eigenvalue weighted by atomic mass is 9.85. The van der Waals surface area contributed by atoms with Crippen molar-refractivity contribution in [3.63, 3.8) is 0 Å². The van der Waals surface area contributed by atoms with Crippen molar-refractivity contribution in [1.29, 1.82) is 0 Å². The maximum absolute atomic E-state index is 13.1. The smallest absolute Gasteiger partial charge is 0.240 e. The Bertz CT molecular complexity index is 2030. The summed E-state index contributed by atoms with van der Waals surface area (Å²) < 4.78 is 111. The number of methoxy groups -OCH3 is 1. The fourth-order valence-corrected chi connectivity index (χ4v) is 9.45. The van der Waals surface area contributed by atoms with E-state index in [2.05, 4.69) is 19.1 Å². The van der Waals surface area contributed by atoms with Crippen molar-refractivity contribution in [3.05, 3.63) is 87.4 Å². The number of nitrogens with zero attached hydrogens (tertiary/aromatic N) is 1. The van der Waals surface area contributed by atoms with Gasteiger partial charge in [0.05, 0.1) is 74.1 Å². The first-order chi connectivity index (χ1) is 26.2. The standard InChI is InChI=1S/C35H48Cl2N4O11S3/c1-41-25-33(32-22-28(36)23-35(37)34(32)26-41)27-5-3-6-29(21-27)53(42,43)38-10-13-50-17-19-52-20-18-51-14-11-40-55(46,47)31-8-4-7-30(24-31)54(44,45)39-9-12-49-16-15-48-2/h3-8,21-24,33,38-40H,9-20,25-26H2,1-2H3. The van der Waals surface area contributed by atoms with E-state index in [0.29, 0.717) is 36.3 Å². The number of likely N-dealkylation sites (N-methyl/N-ethyl adjacent to an activating group) is 1. The minimum Gasteiger partial charge on any atom is -0.382 e. The molecular weight excluding hydrogens is 820 g/mol. The summed E-state index contributed by atoms with van der Waals surface area (Å²) in [6, 6.07) is 15.5. The molecule has 20 heteroatoms. The van der Waals surface area contributed by atoms with Crippen LogP contribution in [-0.4, -0.2) is 130 Å². The molecule has 1 aliphatic rings. The predicted molar refractivity (Wildman–Crippen MR) is 208 cm³/mol. The van der Waals surface area contributed by atoms with Crippen molar-refractivity contribution in [2.45, 2.75) is 27.1 Å². The van der Waals surface area contributed by atoms with Crippen LogP contribution in [0.1, 0.15) is 22.6 Å². The van der Waals surface area contributed by atoms with Crippen molar-refractivity contribution < 1.29 is 48.9 Å². The number of rotatable bonds is 25. The van der Waals surface area contributed by atoms with Gasteiger partial charge in [-0.1, -0.05) is 41.4 Å². The zero-order valence-electron chi connectivity index (χ0n) is 30.7. The van der Waals surface area contributed by atoms with Crippen LogP contribution in [0.2, 0.25) is 10.0 Å². The third-order valence-corrected chi connectivity index (χ3v) is 13.2. The summed E-state index contributed by atoms with van der Waals surface area (Å²) in [5.41, 5.74) is 2.81. The zero-order valence-corrected chi connectivity index (χ0v) is 34.6. The largest absolute Gasteiger partial charge is 0.382 e. The fourth-order valence-electron chi connectivity index (χ4n) is 5.62. The van der Waals surface area contributed by atoms with Gasteiger partial charge in [0.15, 0.2) is 0 Å². The number of benzene rings is 3. The van der Waals surface area contributed by atoms with Gasteiger partial charge in [-0.25, -0.2) is 39.4 Å². The molecule has 0 bridgehead atoms. The third kappa shape index (κ3) is 14.3. The SMILES string of the molecule is COCCOCCNS(=O)(=O)c1cccc(S(=O)(=O)NCCOCCOCCOCCNS(=O)(=O)c2cccc(C3CN(C)Cc4c(Cl)cc(Cl)cc43)c2)c1. The van der Waals surface area contributed by atoms with Crippen LogP contribution in [-0.2, 0) is 60.3 Å². The minimum atomic E-state index is -4.00. The van der Waals surface area contributed by atoms with Gasteiger partial charge in [0.2, 0.25) is 30.1 Å². The molecule has 0 fully saturated rings. The second-order valence-corrected chi connectivity index (χ2v) is 18.5. The molecule has 0 amide bonds. The number of hydrogen-bond donors (Lipinski definition) is 3. The summed E-state index contributed by atoms with van der Waals surface area (Å²) in [5.74, 6) is -0.100. The van der Waals surface area contributed by atoms with Gasteiger partial charge in [0.25, 0.3) is 0 Å². The molecule has 3 aromatic rings. The molecule has 0 spiro atoms. The molecule has 0 aliphatic carbocycles. The minimum absolute atomic E-state index is 0.0134. The van der Waals surface area contributed by atoms with Crippen molar-refractivity contribution >= 4 is 53.3 Å². The van der Waals surface area contributed by atoms with Crippen LogP contribution in [0, 0.1) is 0 Å². The van der Waals surface area contributed by atoms with Crippen LogP contribution in [0.4, 0.5) is 0 Å². The van der Waals surface area contributed by atoms with Gasteiger partial charge < -0.3 is 28.6 Å². The highest BCUT2D eigenvalue weighted by Gasteiger charge is 2.28. The lowest BCUT2D eigenvalue weighted by Gasteiger charge is -2.33. The molecule has 0 saturated carbocycles. The normalized spacial score (nSPS) is 15.3. The summed E-state index contributed by atoms with van der Waals surface area (Å²) in [6.45, 7) is 3.30. The molecule has 3 aromatic carbocycles. The number of sulfonamides is 3. The Balaban J connectivity index is 1.08. The summed E-state index contributed by atoms with van der Waals surface area (Å²) in [5, 5.41) is 1.12. The van der Waals surface area contributed by atoms with E-state index in [1.54, 1.807) is 24.3 Å². The predicted octanol–water partition coefficient (Wildman–Crippen LogP) is 2.82. The van der Waals surface area contributed by atoms with E-state index in [1.165, 1.54) is 25.3 Å².